The number of halogens is 5. The first-order valence-electron chi connectivity index (χ1n) is 8.80. The zero-order valence-corrected chi connectivity index (χ0v) is 17.8. The Morgan fingerprint density at radius 1 is 1.14 bits per heavy atom. The van der Waals surface area contributed by atoms with E-state index in [9.17, 15) is 21.6 Å². The van der Waals surface area contributed by atoms with Gasteiger partial charge in [-0.05, 0) is 42.3 Å². The third-order valence-corrected chi connectivity index (χ3v) is 7.63. The summed E-state index contributed by atoms with van der Waals surface area (Å²) in [5.41, 5.74) is 0.0520. The Morgan fingerprint density at radius 2 is 1.79 bits per heavy atom. The Morgan fingerprint density at radius 3 is 2.38 bits per heavy atom. The number of hydrogen-bond donors (Lipinski definition) is 0. The predicted molar refractivity (Wildman–Crippen MR) is 107 cm³/mol. The molecule has 0 N–H and O–H groups in total. The van der Waals surface area contributed by atoms with Crippen molar-refractivity contribution in [1.82, 2.24) is 9.21 Å². The quantitative estimate of drug-likeness (QED) is 0.628. The molecule has 0 amide bonds. The average molecular weight is 467 g/mol. The van der Waals surface area contributed by atoms with Crippen LogP contribution < -0.4 is 0 Å². The van der Waals surface area contributed by atoms with Gasteiger partial charge in [0.15, 0.2) is 0 Å². The fraction of sp³-hybridized carbons (Fsp3) is 0.368. The average Bonchev–Trinajstić information content (AvgIpc) is 3.08. The molecule has 4 nitrogen and oxygen atoms in total. The maximum atomic E-state index is 12.9. The first-order valence-corrected chi connectivity index (χ1v) is 11.0. The van der Waals surface area contributed by atoms with Crippen LogP contribution in [0, 0.1) is 0 Å². The van der Waals surface area contributed by atoms with E-state index in [2.05, 4.69) is 0 Å². The normalized spacial score (nSPS) is 18.5. The van der Waals surface area contributed by atoms with Crippen LogP contribution in [0.2, 0.25) is 10.0 Å². The maximum absolute atomic E-state index is 12.9. The van der Waals surface area contributed by atoms with Crippen molar-refractivity contribution in [3.8, 4) is 0 Å². The third kappa shape index (κ3) is 5.06. The van der Waals surface area contributed by atoms with E-state index in [1.165, 1.54) is 41.7 Å². The molecule has 0 radical (unpaired) electrons. The van der Waals surface area contributed by atoms with Crippen LogP contribution in [-0.2, 0) is 22.7 Å². The number of nitrogens with zero attached hydrogens (tertiary/aromatic N) is 2. The molecule has 0 saturated carbocycles. The van der Waals surface area contributed by atoms with Crippen molar-refractivity contribution in [3.63, 3.8) is 0 Å². The molecule has 0 aliphatic carbocycles. The lowest BCUT2D eigenvalue weighted by Crippen LogP contribution is -2.39. The molecule has 1 unspecified atom stereocenters. The van der Waals surface area contributed by atoms with Gasteiger partial charge in [0, 0.05) is 37.7 Å². The fourth-order valence-corrected chi connectivity index (χ4v) is 5.47. The molecule has 1 heterocycles. The van der Waals surface area contributed by atoms with Crippen LogP contribution in [0.5, 0.6) is 0 Å². The van der Waals surface area contributed by atoms with E-state index in [1.54, 1.807) is 0 Å². The van der Waals surface area contributed by atoms with Crippen molar-refractivity contribution in [2.75, 3.05) is 20.1 Å². The van der Waals surface area contributed by atoms with Crippen LogP contribution in [0.15, 0.2) is 47.4 Å². The first-order chi connectivity index (χ1) is 13.5. The summed E-state index contributed by atoms with van der Waals surface area (Å²) < 4.78 is 65.2. The van der Waals surface area contributed by atoms with E-state index in [0.717, 1.165) is 17.7 Å². The lowest BCUT2D eigenvalue weighted by molar-refractivity contribution is -0.137. The smallest absolute Gasteiger partial charge is 0.297 e. The number of likely N-dealkylation sites (N-methyl/N-ethyl adjacent to an activating group) is 1. The minimum absolute atomic E-state index is 0.00717. The monoisotopic (exact) mass is 466 g/mol. The van der Waals surface area contributed by atoms with Crippen LogP contribution in [0.4, 0.5) is 13.2 Å². The molecule has 1 aliphatic heterocycles. The Bertz CT molecular complexity index is 982. The second-order valence-electron chi connectivity index (χ2n) is 6.97. The molecule has 1 saturated heterocycles. The molecular formula is C19H19Cl2F3N2O2S. The van der Waals surface area contributed by atoms with E-state index in [4.69, 9.17) is 23.2 Å². The number of alkyl halides is 3. The molecular weight excluding hydrogens is 448 g/mol. The van der Waals surface area contributed by atoms with Gasteiger partial charge in [0.2, 0.25) is 10.0 Å². The van der Waals surface area contributed by atoms with Gasteiger partial charge in [-0.15, -0.1) is 0 Å². The van der Waals surface area contributed by atoms with Gasteiger partial charge < -0.3 is 0 Å². The lowest BCUT2D eigenvalue weighted by Gasteiger charge is -2.25. The SMILES string of the molecule is CN(C1CCN(Cc2ccc(C(F)(F)F)cc2)C1)S(=O)(=O)c1ccc(Cl)cc1Cl. The Hall–Kier alpha value is -1.32. The minimum atomic E-state index is -4.36. The number of likely N-dealkylation sites (tertiary alicyclic amines) is 1. The zero-order chi connectivity index (χ0) is 21.4. The highest BCUT2D eigenvalue weighted by molar-refractivity contribution is 7.89. The van der Waals surface area contributed by atoms with Crippen molar-refractivity contribution in [2.24, 2.45) is 0 Å². The van der Waals surface area contributed by atoms with Gasteiger partial charge in [-0.25, -0.2) is 8.42 Å². The molecule has 29 heavy (non-hydrogen) atoms. The van der Waals surface area contributed by atoms with Crippen LogP contribution >= 0.6 is 23.2 Å². The number of hydrogen-bond acceptors (Lipinski definition) is 3. The summed E-state index contributed by atoms with van der Waals surface area (Å²) in [6.07, 6.45) is -3.75. The molecule has 158 valence electrons. The third-order valence-electron chi connectivity index (χ3n) is 5.00. The summed E-state index contributed by atoms with van der Waals surface area (Å²) in [5.74, 6) is 0. The summed E-state index contributed by atoms with van der Waals surface area (Å²) in [6.45, 7) is 1.56. The van der Waals surface area contributed by atoms with Crippen molar-refractivity contribution in [1.29, 1.82) is 0 Å². The number of benzene rings is 2. The second kappa shape index (κ2) is 8.43. The Labute approximate surface area is 177 Å². The van der Waals surface area contributed by atoms with E-state index in [-0.39, 0.29) is 16.0 Å². The molecule has 2 aromatic carbocycles. The highest BCUT2D eigenvalue weighted by Gasteiger charge is 2.34. The Kier molecular flexibility index (Phi) is 6.50. The summed E-state index contributed by atoms with van der Waals surface area (Å²) in [6, 6.07) is 8.99. The molecule has 2 aromatic rings. The van der Waals surface area contributed by atoms with E-state index < -0.39 is 21.8 Å². The van der Waals surface area contributed by atoms with Gasteiger partial charge in [-0.1, -0.05) is 35.3 Å². The fourth-order valence-electron chi connectivity index (χ4n) is 3.35. The summed E-state index contributed by atoms with van der Waals surface area (Å²) in [5, 5.41) is 0.407. The molecule has 0 spiro atoms. The van der Waals surface area contributed by atoms with Crippen molar-refractivity contribution < 1.29 is 21.6 Å². The van der Waals surface area contributed by atoms with E-state index in [1.807, 2.05) is 4.90 Å². The van der Waals surface area contributed by atoms with Crippen LogP contribution in [0.1, 0.15) is 17.5 Å². The van der Waals surface area contributed by atoms with E-state index in [0.29, 0.717) is 31.1 Å². The lowest BCUT2D eigenvalue weighted by atomic mass is 10.1. The molecule has 3 rings (SSSR count). The molecule has 0 bridgehead atoms. The first kappa shape index (κ1) is 22.4. The summed E-state index contributed by atoms with van der Waals surface area (Å²) in [7, 11) is -2.29. The van der Waals surface area contributed by atoms with E-state index >= 15 is 0 Å². The molecule has 1 atom stereocenters. The molecule has 1 aliphatic rings. The van der Waals surface area contributed by atoms with Gasteiger partial charge in [-0.3, -0.25) is 4.90 Å². The van der Waals surface area contributed by atoms with Crippen molar-refractivity contribution in [2.45, 2.75) is 30.1 Å². The molecule has 0 aromatic heterocycles. The van der Waals surface area contributed by atoms with Crippen molar-refractivity contribution in [3.05, 3.63) is 63.6 Å². The van der Waals surface area contributed by atoms with Gasteiger partial charge in [0.05, 0.1) is 10.6 Å². The molecule has 1 fully saturated rings. The van der Waals surface area contributed by atoms with Crippen LogP contribution in [0.3, 0.4) is 0 Å². The zero-order valence-electron chi connectivity index (χ0n) is 15.5. The standard InChI is InChI=1S/C19H19Cl2F3N2O2S/c1-25(29(27,28)18-7-6-15(20)10-17(18)21)16-8-9-26(12-16)11-13-2-4-14(5-3-13)19(22,23)24/h2-7,10,16H,8-9,11-12H2,1H3. The number of rotatable bonds is 5. The Balaban J connectivity index is 1.67. The topological polar surface area (TPSA) is 40.6 Å². The van der Waals surface area contributed by atoms with Gasteiger partial charge >= 0.3 is 6.18 Å². The van der Waals surface area contributed by atoms with Crippen molar-refractivity contribution >= 4 is 33.2 Å². The minimum Gasteiger partial charge on any atom is -0.297 e. The van der Waals surface area contributed by atoms with Crippen LogP contribution in [0.25, 0.3) is 0 Å². The largest absolute Gasteiger partial charge is 0.416 e. The van der Waals surface area contributed by atoms with Gasteiger partial charge in [0.1, 0.15) is 4.90 Å². The predicted octanol–water partition coefficient (Wildman–Crippen LogP) is 4.91. The van der Waals surface area contributed by atoms with Gasteiger partial charge in [-0.2, -0.15) is 17.5 Å². The second-order valence-corrected chi connectivity index (χ2v) is 9.78. The molecule has 10 heteroatoms. The number of sulfonamides is 1. The highest BCUT2D eigenvalue weighted by atomic mass is 35.5. The highest BCUT2D eigenvalue weighted by Crippen LogP contribution is 2.31. The maximum Gasteiger partial charge on any atom is 0.416 e. The van der Waals surface area contributed by atoms with Crippen LogP contribution in [-0.4, -0.2) is 43.8 Å². The summed E-state index contributed by atoms with van der Waals surface area (Å²) in [4.78, 5) is 2.01. The van der Waals surface area contributed by atoms with Gasteiger partial charge in [0.25, 0.3) is 0 Å². The summed E-state index contributed by atoms with van der Waals surface area (Å²) >= 11 is 11.9.